The van der Waals surface area contributed by atoms with Gasteiger partial charge in [0.25, 0.3) is 0 Å². The van der Waals surface area contributed by atoms with Crippen molar-refractivity contribution in [2.75, 3.05) is 13.2 Å². The van der Waals surface area contributed by atoms with Crippen LogP contribution >= 0.6 is 0 Å². The second-order valence-electron chi connectivity index (χ2n) is 3.64. The zero-order chi connectivity index (χ0) is 10.1. The molecule has 0 aromatic heterocycles. The summed E-state index contributed by atoms with van der Waals surface area (Å²) in [4.78, 5) is 0. The van der Waals surface area contributed by atoms with Gasteiger partial charge in [0, 0.05) is 19.6 Å². The Balaban J connectivity index is 1.85. The van der Waals surface area contributed by atoms with Gasteiger partial charge in [-0.15, -0.1) is 0 Å². The van der Waals surface area contributed by atoms with Crippen LogP contribution in [-0.2, 0) is 9.47 Å². The molecule has 0 amide bonds. The highest BCUT2D eigenvalue weighted by atomic mass is 16.7. The first-order valence-electron chi connectivity index (χ1n) is 5.53. The summed E-state index contributed by atoms with van der Waals surface area (Å²) in [7, 11) is 0. The summed E-state index contributed by atoms with van der Waals surface area (Å²) >= 11 is 0. The highest BCUT2D eigenvalue weighted by Gasteiger charge is 2.12. The molecule has 1 rings (SSSR count). The number of nitriles is 1. The van der Waals surface area contributed by atoms with Crippen LogP contribution in [0.1, 0.15) is 44.9 Å². The van der Waals surface area contributed by atoms with Crippen molar-refractivity contribution in [1.82, 2.24) is 0 Å². The Hall–Kier alpha value is -0.590. The normalized spacial score (nSPS) is 21.8. The first-order valence-corrected chi connectivity index (χ1v) is 5.53. The number of ether oxygens (including phenoxy) is 2. The number of rotatable bonds is 6. The number of nitrogens with zero attached hydrogens (tertiary/aromatic N) is 1. The fourth-order valence-electron chi connectivity index (χ4n) is 1.54. The van der Waals surface area contributed by atoms with Gasteiger partial charge in [-0.25, -0.2) is 0 Å². The van der Waals surface area contributed by atoms with Crippen molar-refractivity contribution in [2.24, 2.45) is 0 Å². The van der Waals surface area contributed by atoms with E-state index in [0.717, 1.165) is 38.9 Å². The van der Waals surface area contributed by atoms with E-state index in [4.69, 9.17) is 14.7 Å². The number of hydrogen-bond donors (Lipinski definition) is 0. The van der Waals surface area contributed by atoms with E-state index in [1.807, 2.05) is 0 Å². The van der Waals surface area contributed by atoms with Gasteiger partial charge in [0.15, 0.2) is 6.29 Å². The molecule has 1 saturated heterocycles. The van der Waals surface area contributed by atoms with Gasteiger partial charge in [-0.05, 0) is 32.1 Å². The van der Waals surface area contributed by atoms with Crippen molar-refractivity contribution < 1.29 is 9.47 Å². The Bertz CT molecular complexity index is 171. The Morgan fingerprint density at radius 3 is 2.93 bits per heavy atom. The van der Waals surface area contributed by atoms with Crippen molar-refractivity contribution in [3.8, 4) is 6.07 Å². The summed E-state index contributed by atoms with van der Waals surface area (Å²) in [5.41, 5.74) is 0. The summed E-state index contributed by atoms with van der Waals surface area (Å²) in [5, 5.41) is 8.33. The van der Waals surface area contributed by atoms with E-state index in [9.17, 15) is 0 Å². The summed E-state index contributed by atoms with van der Waals surface area (Å²) in [6, 6.07) is 2.14. The summed E-state index contributed by atoms with van der Waals surface area (Å²) < 4.78 is 11.0. The predicted molar refractivity (Wildman–Crippen MR) is 53.6 cm³/mol. The molecule has 80 valence electrons. The Kier molecular flexibility index (Phi) is 6.38. The zero-order valence-electron chi connectivity index (χ0n) is 8.71. The van der Waals surface area contributed by atoms with Gasteiger partial charge in [0.2, 0.25) is 0 Å². The van der Waals surface area contributed by atoms with E-state index in [1.54, 1.807) is 0 Å². The molecule has 1 heterocycles. The molecule has 0 aromatic carbocycles. The fourth-order valence-corrected chi connectivity index (χ4v) is 1.54. The zero-order valence-corrected chi connectivity index (χ0v) is 8.71. The van der Waals surface area contributed by atoms with Gasteiger partial charge in [-0.3, -0.25) is 0 Å². The molecule has 3 nitrogen and oxygen atoms in total. The molecule has 1 aliphatic heterocycles. The molecule has 0 radical (unpaired) electrons. The molecule has 3 heteroatoms. The van der Waals surface area contributed by atoms with Gasteiger partial charge < -0.3 is 9.47 Å². The monoisotopic (exact) mass is 197 g/mol. The van der Waals surface area contributed by atoms with E-state index in [0.29, 0.717) is 6.42 Å². The second-order valence-corrected chi connectivity index (χ2v) is 3.64. The molecule has 0 bridgehead atoms. The molecular formula is C11H19NO2. The lowest BCUT2D eigenvalue weighted by molar-refractivity contribution is -0.162. The van der Waals surface area contributed by atoms with E-state index >= 15 is 0 Å². The molecule has 0 spiro atoms. The number of unbranched alkanes of at least 4 members (excludes halogenated alkanes) is 3. The smallest absolute Gasteiger partial charge is 0.157 e. The minimum atomic E-state index is 0.0414. The quantitative estimate of drug-likeness (QED) is 0.615. The maximum Gasteiger partial charge on any atom is 0.157 e. The molecule has 0 saturated carbocycles. The average Bonchev–Trinajstić information content (AvgIpc) is 2.25. The molecule has 0 N–H and O–H groups in total. The minimum Gasteiger partial charge on any atom is -0.353 e. The van der Waals surface area contributed by atoms with Crippen LogP contribution in [0.15, 0.2) is 0 Å². The lowest BCUT2D eigenvalue weighted by atomic mass is 10.2. The third-order valence-corrected chi connectivity index (χ3v) is 2.37. The van der Waals surface area contributed by atoms with Gasteiger partial charge in [0.05, 0.1) is 6.07 Å². The minimum absolute atomic E-state index is 0.0414. The molecule has 1 aliphatic rings. The molecule has 14 heavy (non-hydrogen) atoms. The third kappa shape index (κ3) is 5.21. The van der Waals surface area contributed by atoms with Crippen LogP contribution in [0.3, 0.4) is 0 Å². The molecular weight excluding hydrogens is 178 g/mol. The van der Waals surface area contributed by atoms with Crippen LogP contribution in [0.25, 0.3) is 0 Å². The number of hydrogen-bond acceptors (Lipinski definition) is 3. The van der Waals surface area contributed by atoms with Crippen LogP contribution in [0.2, 0.25) is 0 Å². The Morgan fingerprint density at radius 2 is 2.21 bits per heavy atom. The SMILES string of the molecule is N#CCCCCCO[C@@H]1CCCCO1. The van der Waals surface area contributed by atoms with E-state index in [1.165, 1.54) is 12.8 Å². The summed E-state index contributed by atoms with van der Waals surface area (Å²) in [6.45, 7) is 1.62. The molecule has 1 fully saturated rings. The lowest BCUT2D eigenvalue weighted by Crippen LogP contribution is -2.22. The largest absolute Gasteiger partial charge is 0.353 e. The van der Waals surface area contributed by atoms with E-state index in [2.05, 4.69) is 6.07 Å². The van der Waals surface area contributed by atoms with Gasteiger partial charge in [-0.1, -0.05) is 6.42 Å². The summed E-state index contributed by atoms with van der Waals surface area (Å²) in [6.07, 6.45) is 7.26. The fraction of sp³-hybridized carbons (Fsp3) is 0.909. The average molecular weight is 197 g/mol. The van der Waals surface area contributed by atoms with Gasteiger partial charge in [-0.2, -0.15) is 5.26 Å². The van der Waals surface area contributed by atoms with Gasteiger partial charge >= 0.3 is 0 Å². The van der Waals surface area contributed by atoms with Crippen molar-refractivity contribution in [1.29, 1.82) is 5.26 Å². The highest BCUT2D eigenvalue weighted by molar-refractivity contribution is 4.67. The maximum absolute atomic E-state index is 8.33. The molecule has 0 unspecified atom stereocenters. The third-order valence-electron chi connectivity index (χ3n) is 2.37. The van der Waals surface area contributed by atoms with Crippen LogP contribution < -0.4 is 0 Å². The van der Waals surface area contributed by atoms with Crippen LogP contribution in [-0.4, -0.2) is 19.5 Å². The first kappa shape index (κ1) is 11.5. The van der Waals surface area contributed by atoms with Crippen LogP contribution in [0.4, 0.5) is 0 Å². The second kappa shape index (κ2) is 7.78. The Labute approximate surface area is 86.0 Å². The van der Waals surface area contributed by atoms with Gasteiger partial charge in [0.1, 0.15) is 0 Å². The Morgan fingerprint density at radius 1 is 1.29 bits per heavy atom. The van der Waals surface area contributed by atoms with Crippen molar-refractivity contribution >= 4 is 0 Å². The molecule has 0 aliphatic carbocycles. The highest BCUT2D eigenvalue weighted by Crippen LogP contribution is 2.14. The van der Waals surface area contributed by atoms with E-state index in [-0.39, 0.29) is 6.29 Å². The first-order chi connectivity index (χ1) is 6.93. The lowest BCUT2D eigenvalue weighted by Gasteiger charge is -2.22. The standard InChI is InChI=1S/C11H19NO2/c12-8-4-1-2-5-9-13-11-7-3-6-10-14-11/h11H,1-7,9-10H2/t11-/m0/s1. The predicted octanol–water partition coefficient (Wildman–Crippen LogP) is 2.61. The van der Waals surface area contributed by atoms with Crippen molar-refractivity contribution in [3.63, 3.8) is 0 Å². The van der Waals surface area contributed by atoms with E-state index < -0.39 is 0 Å². The topological polar surface area (TPSA) is 42.2 Å². The van der Waals surface area contributed by atoms with Crippen molar-refractivity contribution in [3.05, 3.63) is 0 Å². The van der Waals surface area contributed by atoms with Crippen LogP contribution in [0.5, 0.6) is 0 Å². The molecule has 0 aromatic rings. The molecule has 1 atom stereocenters. The summed E-state index contributed by atoms with van der Waals surface area (Å²) in [5.74, 6) is 0. The van der Waals surface area contributed by atoms with Crippen molar-refractivity contribution in [2.45, 2.75) is 51.2 Å². The van der Waals surface area contributed by atoms with Crippen LogP contribution in [0, 0.1) is 11.3 Å². The maximum atomic E-state index is 8.33.